The van der Waals surface area contributed by atoms with E-state index in [9.17, 15) is 19.2 Å². The molecule has 12 heteroatoms. The number of benzene rings is 5. The molecule has 0 bridgehead atoms. The lowest BCUT2D eigenvalue weighted by atomic mass is 9.82. The van der Waals surface area contributed by atoms with Crippen LogP contribution in [0.5, 0.6) is 0 Å². The average Bonchev–Trinajstić information content (AvgIpc) is 3.11. The fourth-order valence-electron chi connectivity index (χ4n) is 8.07. The monoisotopic (exact) mass is 1160 g/mol. The van der Waals surface area contributed by atoms with Crippen LogP contribution in [-0.4, -0.2) is 109 Å². The van der Waals surface area contributed by atoms with Gasteiger partial charge in [-0.25, -0.2) is 0 Å². The first kappa shape index (κ1) is 44.9. The number of hydrogen-bond acceptors (Lipinski definition) is 4. The first-order chi connectivity index (χ1) is 23.0. The Morgan fingerprint density at radius 2 is 0.692 bits per heavy atom. The highest BCUT2D eigenvalue weighted by atomic mass is 127. The number of amides is 4. The molecule has 7 rings (SSSR count). The fourth-order valence-corrected chi connectivity index (χ4v) is 8.07. The summed E-state index contributed by atoms with van der Waals surface area (Å²) >= 11 is 0. The number of rotatable bonds is 12. The molecule has 2 aliphatic heterocycles. The SMILES string of the molecule is CC[N+](C)(CC)CCCN1C(=O)c2ccc3c4ccc5c6c(ccc(c7ccc(c2c37)C1=O)c64)C(=O)N(CCC[N+](C)(CC)CC)C5=O.I.I.[I-].[I-]. The van der Waals surface area contributed by atoms with Crippen molar-refractivity contribution in [2.75, 3.05) is 66.5 Å². The van der Waals surface area contributed by atoms with Gasteiger partial charge in [-0.3, -0.25) is 29.0 Å². The molecule has 0 fully saturated rings. The Bertz CT molecular complexity index is 1910. The number of imide groups is 2. The molecule has 52 heavy (non-hydrogen) atoms. The highest BCUT2D eigenvalue weighted by molar-refractivity contribution is 14.0. The molecule has 0 saturated heterocycles. The molecular weight excluding hydrogens is 1110 g/mol. The minimum atomic E-state index is -0.247. The topological polar surface area (TPSA) is 74.8 Å². The highest BCUT2D eigenvalue weighted by Crippen LogP contribution is 2.46. The molecule has 0 spiro atoms. The lowest BCUT2D eigenvalue weighted by molar-refractivity contribution is -0.906. The van der Waals surface area contributed by atoms with Crippen LogP contribution in [0.4, 0.5) is 0 Å². The van der Waals surface area contributed by atoms with Gasteiger partial charge in [-0.05, 0) is 84.3 Å². The van der Waals surface area contributed by atoms with Crippen LogP contribution >= 0.6 is 48.0 Å². The Hall–Kier alpha value is -1.48. The molecule has 280 valence electrons. The van der Waals surface area contributed by atoms with E-state index in [1.165, 1.54) is 9.80 Å². The molecule has 5 aromatic rings. The molecule has 0 radical (unpaired) electrons. The maximum atomic E-state index is 13.9. The summed E-state index contributed by atoms with van der Waals surface area (Å²) in [5.74, 6) is -0.990. The Kier molecular flexibility index (Phi) is 14.8. The van der Waals surface area contributed by atoms with Gasteiger partial charge >= 0.3 is 0 Å². The minimum absolute atomic E-state index is 0. The number of fused-ring (bicyclic) bond motifs is 2. The Labute approximate surface area is 374 Å². The number of carbonyl (C=O) groups excluding carboxylic acids is 4. The number of carbonyl (C=O) groups is 4. The molecule has 0 aliphatic carbocycles. The minimum Gasteiger partial charge on any atom is -1.00 e. The summed E-state index contributed by atoms with van der Waals surface area (Å²) in [6, 6.07) is 15.3. The van der Waals surface area contributed by atoms with Crippen molar-refractivity contribution in [1.82, 2.24) is 9.80 Å². The number of halogens is 4. The average molecular weight is 1160 g/mol. The summed E-state index contributed by atoms with van der Waals surface area (Å²) in [5, 5.41) is 6.79. The normalized spacial score (nSPS) is 14.2. The highest BCUT2D eigenvalue weighted by Gasteiger charge is 2.37. The zero-order valence-electron chi connectivity index (χ0n) is 30.7. The largest absolute Gasteiger partial charge is 1.00 e. The van der Waals surface area contributed by atoms with Crippen LogP contribution in [0.15, 0.2) is 48.5 Å². The van der Waals surface area contributed by atoms with Gasteiger partial charge in [0.2, 0.25) is 0 Å². The van der Waals surface area contributed by atoms with Crippen molar-refractivity contribution in [3.8, 4) is 0 Å². The maximum Gasteiger partial charge on any atom is 0.261 e. The van der Waals surface area contributed by atoms with E-state index in [0.717, 1.165) is 93.4 Å². The van der Waals surface area contributed by atoms with Gasteiger partial charge in [0.15, 0.2) is 0 Å². The summed E-state index contributed by atoms with van der Waals surface area (Å²) in [6.07, 6.45) is 1.49. The van der Waals surface area contributed by atoms with Crippen molar-refractivity contribution in [2.45, 2.75) is 40.5 Å². The lowest BCUT2D eigenvalue weighted by Crippen LogP contribution is -3.00. The van der Waals surface area contributed by atoms with Crippen molar-refractivity contribution in [3.05, 3.63) is 70.8 Å². The van der Waals surface area contributed by atoms with Crippen molar-refractivity contribution in [3.63, 3.8) is 0 Å². The summed E-state index contributed by atoms with van der Waals surface area (Å²) in [5.41, 5.74) is 2.18. The van der Waals surface area contributed by atoms with E-state index in [1.807, 2.05) is 48.5 Å². The van der Waals surface area contributed by atoms with Crippen molar-refractivity contribution in [2.24, 2.45) is 0 Å². The van der Waals surface area contributed by atoms with Crippen molar-refractivity contribution >= 4 is 115 Å². The molecule has 0 unspecified atom stereocenters. The van der Waals surface area contributed by atoms with Crippen LogP contribution in [-0.2, 0) is 0 Å². The quantitative estimate of drug-likeness (QED) is 0.0631. The molecule has 2 heterocycles. The van der Waals surface area contributed by atoms with Crippen molar-refractivity contribution < 1.29 is 76.1 Å². The predicted molar refractivity (Wildman–Crippen MR) is 223 cm³/mol. The van der Waals surface area contributed by atoms with Gasteiger partial charge < -0.3 is 56.9 Å². The van der Waals surface area contributed by atoms with Gasteiger partial charge in [-0.2, -0.15) is 0 Å². The lowest BCUT2D eigenvalue weighted by Gasteiger charge is -2.34. The van der Waals surface area contributed by atoms with E-state index in [4.69, 9.17) is 0 Å². The van der Waals surface area contributed by atoms with Crippen LogP contribution < -0.4 is 48.0 Å². The number of nitrogens with zero attached hydrogens (tertiary/aromatic N) is 4. The van der Waals surface area contributed by atoms with Gasteiger partial charge in [0.05, 0.1) is 53.4 Å². The summed E-state index contributed by atoms with van der Waals surface area (Å²) < 4.78 is 1.80. The molecule has 8 nitrogen and oxygen atoms in total. The molecule has 5 aromatic carbocycles. The second-order valence-electron chi connectivity index (χ2n) is 14.3. The molecule has 4 amide bonds. The summed E-state index contributed by atoms with van der Waals surface area (Å²) in [4.78, 5) is 58.4. The number of quaternary nitrogens is 2. The van der Waals surface area contributed by atoms with E-state index in [0.29, 0.717) is 46.1 Å². The number of hydrogen-bond donors (Lipinski definition) is 0. The zero-order valence-corrected chi connectivity index (χ0v) is 39.7. The van der Waals surface area contributed by atoms with E-state index in [1.54, 1.807) is 0 Å². The van der Waals surface area contributed by atoms with E-state index >= 15 is 0 Å². The smallest absolute Gasteiger partial charge is 0.261 e. The Balaban J connectivity index is 0.00000182. The van der Waals surface area contributed by atoms with Crippen LogP contribution in [0.25, 0.3) is 43.1 Å². The third-order valence-corrected chi connectivity index (χ3v) is 12.0. The van der Waals surface area contributed by atoms with Gasteiger partial charge in [-0.1, -0.05) is 24.3 Å². The molecule has 0 atom stereocenters. The fraction of sp³-hybridized carbons (Fsp3) is 0.400. The van der Waals surface area contributed by atoms with Gasteiger partial charge in [-0.15, -0.1) is 48.0 Å². The van der Waals surface area contributed by atoms with E-state index in [-0.39, 0.29) is 120 Å². The second-order valence-corrected chi connectivity index (χ2v) is 14.3. The van der Waals surface area contributed by atoms with Gasteiger partial charge in [0.1, 0.15) is 0 Å². The Morgan fingerprint density at radius 1 is 0.442 bits per heavy atom. The molecule has 0 N–H and O–H groups in total. The van der Waals surface area contributed by atoms with Crippen LogP contribution in [0.2, 0.25) is 0 Å². The summed E-state index contributed by atoms with van der Waals surface area (Å²) in [7, 11) is 4.42. The Morgan fingerprint density at radius 3 is 0.923 bits per heavy atom. The molecule has 0 aromatic heterocycles. The molecule has 2 aliphatic rings. The van der Waals surface area contributed by atoms with Crippen LogP contribution in [0.1, 0.15) is 82.0 Å². The third-order valence-electron chi connectivity index (χ3n) is 12.0. The van der Waals surface area contributed by atoms with E-state index in [2.05, 4.69) is 41.8 Å². The van der Waals surface area contributed by atoms with Gasteiger partial charge in [0, 0.05) is 59.0 Å². The van der Waals surface area contributed by atoms with Crippen molar-refractivity contribution in [1.29, 1.82) is 0 Å². The first-order valence-corrected chi connectivity index (χ1v) is 17.6. The molecular formula is C40H48I4N4O4. The molecule has 0 saturated carbocycles. The van der Waals surface area contributed by atoms with Gasteiger partial charge in [0.25, 0.3) is 23.6 Å². The van der Waals surface area contributed by atoms with Crippen LogP contribution in [0, 0.1) is 0 Å². The third kappa shape index (κ3) is 7.07. The first-order valence-electron chi connectivity index (χ1n) is 17.6. The predicted octanol–water partition coefficient (Wildman–Crippen LogP) is 1.93. The van der Waals surface area contributed by atoms with E-state index < -0.39 is 0 Å². The summed E-state index contributed by atoms with van der Waals surface area (Å²) in [6.45, 7) is 15.3. The maximum absolute atomic E-state index is 13.9. The van der Waals surface area contributed by atoms with Crippen LogP contribution in [0.3, 0.4) is 0 Å². The zero-order chi connectivity index (χ0) is 34.1. The standard InChI is InChI=1S/C40H46N4O4.4HI/c1-7-43(5,8-2)23-11-21-41-37(45)29-17-13-25-27-15-19-31-36-32(40(48)42(39(31)47)22-12-24-44(6,9-3)10-4)20-16-28(34(27)36)26-14-18-30(38(41)46)35(29)33(25)26;;;;/h13-20H,7-12,21-24H2,1-6H3;4*1H/q+2;;;;/p-2. The second kappa shape index (κ2) is 17.1.